The monoisotopic (exact) mass is 465 g/mol. The highest BCUT2D eigenvalue weighted by Crippen LogP contribution is 2.41. The van der Waals surface area contributed by atoms with Gasteiger partial charge in [-0.2, -0.15) is 0 Å². The lowest BCUT2D eigenvalue weighted by atomic mass is 9.91. The number of methoxy groups -OCH3 is 1. The van der Waals surface area contributed by atoms with E-state index in [0.717, 1.165) is 66.7 Å². The molecule has 178 valence electrons. The highest BCUT2D eigenvalue weighted by molar-refractivity contribution is 5.95. The topological polar surface area (TPSA) is 47.4 Å². The number of anilines is 1. The van der Waals surface area contributed by atoms with Gasteiger partial charge < -0.3 is 14.2 Å². The van der Waals surface area contributed by atoms with Gasteiger partial charge in [0.2, 0.25) is 5.91 Å². The molecule has 0 N–H and O–H groups in total. The van der Waals surface area contributed by atoms with Gasteiger partial charge in [0.05, 0.1) is 23.2 Å². The molecule has 0 unspecified atom stereocenters. The fraction of sp³-hybridized carbons (Fsp3) is 0.407. The summed E-state index contributed by atoms with van der Waals surface area (Å²) < 4.78 is 35.6. The van der Waals surface area contributed by atoms with Crippen molar-refractivity contribution in [2.75, 3.05) is 12.0 Å². The van der Waals surface area contributed by atoms with E-state index in [2.05, 4.69) is 17.2 Å². The van der Waals surface area contributed by atoms with E-state index in [1.54, 1.807) is 18.1 Å². The number of benzene rings is 2. The number of halogens is 2. The number of hydrogen-bond acceptors (Lipinski definition) is 3. The van der Waals surface area contributed by atoms with E-state index in [9.17, 15) is 13.6 Å². The van der Waals surface area contributed by atoms with Crippen LogP contribution in [0.5, 0.6) is 0 Å². The van der Waals surface area contributed by atoms with Gasteiger partial charge in [-0.15, -0.1) is 0 Å². The summed E-state index contributed by atoms with van der Waals surface area (Å²) >= 11 is 0. The number of nitrogens with zero attached hydrogens (tertiary/aromatic N) is 3. The van der Waals surface area contributed by atoms with E-state index in [-0.39, 0.29) is 24.1 Å². The van der Waals surface area contributed by atoms with E-state index in [0.29, 0.717) is 18.5 Å². The lowest BCUT2D eigenvalue weighted by Crippen LogP contribution is -2.40. The second-order valence-electron chi connectivity index (χ2n) is 9.23. The highest BCUT2D eigenvalue weighted by atomic mass is 19.2. The van der Waals surface area contributed by atoms with E-state index >= 15 is 0 Å². The molecule has 1 aliphatic carbocycles. The molecule has 7 heteroatoms. The molecular formula is C27H29F2N3O2. The van der Waals surface area contributed by atoms with Crippen molar-refractivity contribution in [3.63, 3.8) is 0 Å². The van der Waals surface area contributed by atoms with Gasteiger partial charge in [-0.1, -0.05) is 18.7 Å². The van der Waals surface area contributed by atoms with Crippen LogP contribution in [-0.4, -0.2) is 28.7 Å². The molecule has 1 atom stereocenters. The number of rotatable bonds is 5. The van der Waals surface area contributed by atoms with Crippen LogP contribution in [-0.2, 0) is 9.53 Å². The van der Waals surface area contributed by atoms with Crippen molar-refractivity contribution in [3.05, 3.63) is 66.0 Å². The van der Waals surface area contributed by atoms with Crippen molar-refractivity contribution in [1.82, 2.24) is 9.55 Å². The van der Waals surface area contributed by atoms with Gasteiger partial charge in [0.1, 0.15) is 5.82 Å². The summed E-state index contributed by atoms with van der Waals surface area (Å²) in [5.41, 5.74) is 3.21. The van der Waals surface area contributed by atoms with Crippen molar-refractivity contribution < 1.29 is 18.3 Å². The van der Waals surface area contributed by atoms with Crippen LogP contribution in [0.25, 0.3) is 17.1 Å². The van der Waals surface area contributed by atoms with Crippen LogP contribution in [0.15, 0.2) is 43.0 Å². The summed E-state index contributed by atoms with van der Waals surface area (Å²) in [7, 11) is 1.76. The number of piperidine rings is 1. The van der Waals surface area contributed by atoms with Crippen LogP contribution in [0.4, 0.5) is 14.5 Å². The number of carbonyl (C=O) groups is 1. The number of aromatic nitrogens is 2. The zero-order valence-corrected chi connectivity index (χ0v) is 19.3. The Kier molecular flexibility index (Phi) is 6.21. The predicted octanol–water partition coefficient (Wildman–Crippen LogP) is 6.35. The SMILES string of the molecule is C=Cc1ccc2c(c1)nc([C@@H]1CCCC(=O)N1c1ccc(F)c(F)c1)n2[C@H]1CC[C@H](OC)CC1. The predicted molar refractivity (Wildman–Crippen MR) is 129 cm³/mol. The molecule has 0 spiro atoms. The maximum absolute atomic E-state index is 14.1. The molecule has 34 heavy (non-hydrogen) atoms. The summed E-state index contributed by atoms with van der Waals surface area (Å²) in [6.45, 7) is 3.87. The van der Waals surface area contributed by atoms with E-state index in [1.807, 2.05) is 12.1 Å². The fourth-order valence-corrected chi connectivity index (χ4v) is 5.49. The Morgan fingerprint density at radius 2 is 1.85 bits per heavy atom. The standard InChI is InChI=1S/C27H29F2N3O2/c1-3-17-7-14-24-23(15-17)30-27(32(24)18-8-11-20(34-2)12-9-18)25-5-4-6-26(33)31(25)19-10-13-21(28)22(29)16-19/h3,7,10,13-16,18,20,25H,1,4-6,8-9,11-12H2,2H3/t18-,20-,25-/m0/s1. The maximum Gasteiger partial charge on any atom is 0.227 e. The molecule has 0 bridgehead atoms. The Morgan fingerprint density at radius 1 is 1.06 bits per heavy atom. The molecule has 2 fully saturated rings. The third-order valence-corrected chi connectivity index (χ3v) is 7.25. The Labute approximate surface area is 198 Å². The first-order valence-corrected chi connectivity index (χ1v) is 11.9. The minimum Gasteiger partial charge on any atom is -0.381 e. The molecule has 1 aliphatic heterocycles. The van der Waals surface area contributed by atoms with Gasteiger partial charge in [-0.3, -0.25) is 4.79 Å². The van der Waals surface area contributed by atoms with E-state index in [1.165, 1.54) is 6.07 Å². The number of amides is 1. The first kappa shape index (κ1) is 22.7. The number of carbonyl (C=O) groups excluding carboxylic acids is 1. The van der Waals surface area contributed by atoms with Crippen LogP contribution in [0.1, 0.15) is 68.4 Å². The molecule has 2 aliphatic rings. The van der Waals surface area contributed by atoms with Gasteiger partial charge in [-0.05, 0) is 68.4 Å². The average Bonchev–Trinajstić information content (AvgIpc) is 3.24. The van der Waals surface area contributed by atoms with Crippen LogP contribution in [0, 0.1) is 11.6 Å². The largest absolute Gasteiger partial charge is 0.381 e. The smallest absolute Gasteiger partial charge is 0.227 e. The Bertz CT molecular complexity index is 1230. The average molecular weight is 466 g/mol. The molecule has 2 heterocycles. The lowest BCUT2D eigenvalue weighted by Gasteiger charge is -2.37. The summed E-state index contributed by atoms with van der Waals surface area (Å²) in [6, 6.07) is 9.63. The van der Waals surface area contributed by atoms with Gasteiger partial charge in [-0.25, -0.2) is 13.8 Å². The molecule has 5 rings (SSSR count). The Morgan fingerprint density at radius 3 is 2.56 bits per heavy atom. The van der Waals surface area contributed by atoms with Gasteiger partial charge in [0.15, 0.2) is 11.6 Å². The fourth-order valence-electron chi connectivity index (χ4n) is 5.49. The number of ether oxygens (including phenoxy) is 1. The van der Waals surface area contributed by atoms with Crippen molar-refractivity contribution in [2.24, 2.45) is 0 Å². The second kappa shape index (κ2) is 9.29. The molecule has 2 aromatic carbocycles. The molecule has 0 radical (unpaired) electrons. The lowest BCUT2D eigenvalue weighted by molar-refractivity contribution is -0.120. The first-order chi connectivity index (χ1) is 16.5. The van der Waals surface area contributed by atoms with Crippen LogP contribution in [0.2, 0.25) is 0 Å². The maximum atomic E-state index is 14.1. The quantitative estimate of drug-likeness (QED) is 0.441. The summed E-state index contributed by atoms with van der Waals surface area (Å²) in [5.74, 6) is -1.19. The summed E-state index contributed by atoms with van der Waals surface area (Å²) in [6.07, 6.45) is 7.67. The third-order valence-electron chi connectivity index (χ3n) is 7.25. The minimum absolute atomic E-state index is 0.101. The third kappa shape index (κ3) is 4.02. The van der Waals surface area contributed by atoms with Crippen molar-refractivity contribution in [1.29, 1.82) is 0 Å². The summed E-state index contributed by atoms with van der Waals surface area (Å²) in [4.78, 5) is 19.7. The molecule has 1 saturated carbocycles. The Balaban J connectivity index is 1.63. The molecule has 5 nitrogen and oxygen atoms in total. The Hall–Kier alpha value is -3.06. The minimum atomic E-state index is -0.961. The van der Waals surface area contributed by atoms with Crippen molar-refractivity contribution >= 4 is 28.7 Å². The number of fused-ring (bicyclic) bond motifs is 1. The van der Waals surface area contributed by atoms with E-state index < -0.39 is 11.6 Å². The molecule has 1 amide bonds. The number of imidazole rings is 1. The first-order valence-electron chi connectivity index (χ1n) is 11.9. The number of hydrogen-bond donors (Lipinski definition) is 0. The normalized spacial score (nSPS) is 23.4. The van der Waals surface area contributed by atoms with E-state index in [4.69, 9.17) is 9.72 Å². The van der Waals surface area contributed by atoms with Gasteiger partial charge in [0, 0.05) is 31.3 Å². The molecule has 1 aromatic heterocycles. The van der Waals surface area contributed by atoms with Crippen molar-refractivity contribution in [2.45, 2.75) is 63.1 Å². The molecule has 1 saturated heterocycles. The second-order valence-corrected chi connectivity index (χ2v) is 9.23. The highest BCUT2D eigenvalue weighted by Gasteiger charge is 2.36. The molecule has 3 aromatic rings. The zero-order valence-electron chi connectivity index (χ0n) is 19.3. The van der Waals surface area contributed by atoms with Crippen LogP contribution >= 0.6 is 0 Å². The van der Waals surface area contributed by atoms with Crippen molar-refractivity contribution in [3.8, 4) is 0 Å². The molecular weight excluding hydrogens is 436 g/mol. The summed E-state index contributed by atoms with van der Waals surface area (Å²) in [5, 5.41) is 0. The van der Waals surface area contributed by atoms with Gasteiger partial charge >= 0.3 is 0 Å². The van der Waals surface area contributed by atoms with Crippen LogP contribution < -0.4 is 4.90 Å². The van der Waals surface area contributed by atoms with Crippen LogP contribution in [0.3, 0.4) is 0 Å². The van der Waals surface area contributed by atoms with Gasteiger partial charge in [0.25, 0.3) is 0 Å². The zero-order chi connectivity index (χ0) is 23.8.